The zero-order chi connectivity index (χ0) is 21.0. The van der Waals surface area contributed by atoms with Crippen LogP contribution < -0.4 is 33.7 Å². The van der Waals surface area contributed by atoms with Gasteiger partial charge in [-0.25, -0.2) is 4.79 Å². The van der Waals surface area contributed by atoms with Gasteiger partial charge in [0.05, 0.1) is 30.2 Å². The van der Waals surface area contributed by atoms with Gasteiger partial charge in [0.15, 0.2) is 5.75 Å². The zero-order valence-electron chi connectivity index (χ0n) is 17.0. The van der Waals surface area contributed by atoms with Crippen LogP contribution in [0.15, 0.2) is 60.9 Å². The third-order valence-corrected chi connectivity index (χ3v) is 3.93. The average Bonchev–Trinajstić information content (AvgIpc) is 2.68. The van der Waals surface area contributed by atoms with Crippen molar-refractivity contribution in [2.24, 2.45) is 0 Å². The van der Waals surface area contributed by atoms with Gasteiger partial charge in [0, 0.05) is 6.20 Å². The molecule has 1 aromatic heterocycles. The number of ether oxygens (including phenoxy) is 2. The van der Waals surface area contributed by atoms with Gasteiger partial charge < -0.3 is 21.3 Å². The molecule has 1 heterocycles. The van der Waals surface area contributed by atoms with E-state index in [4.69, 9.17) is 4.74 Å². The molecule has 0 aliphatic heterocycles. The number of aromatic carboxylic acids is 1. The van der Waals surface area contributed by atoms with Gasteiger partial charge in [0.25, 0.3) is 0 Å². The molecule has 0 amide bonds. The van der Waals surface area contributed by atoms with Crippen molar-refractivity contribution in [2.45, 2.75) is 6.36 Å². The summed E-state index contributed by atoms with van der Waals surface area (Å²) < 4.78 is 48.1. The molecular formula is C20H16F3LiN2O4. The van der Waals surface area contributed by atoms with Gasteiger partial charge in [0.1, 0.15) is 5.75 Å². The SMILES string of the molecule is COc1cccc(-c2ccc(Nc3cnccc3C(=O)O)c(OC(F)(F)F)c2)c1.[H-].[Li+]. The first-order chi connectivity index (χ1) is 13.8. The van der Waals surface area contributed by atoms with Crippen LogP contribution >= 0.6 is 0 Å². The van der Waals surface area contributed by atoms with Gasteiger partial charge >= 0.3 is 31.2 Å². The molecule has 0 saturated heterocycles. The number of hydrogen-bond acceptors (Lipinski definition) is 5. The predicted molar refractivity (Wildman–Crippen MR) is 101 cm³/mol. The number of alkyl halides is 3. The van der Waals surface area contributed by atoms with E-state index in [-0.39, 0.29) is 37.2 Å². The maximum Gasteiger partial charge on any atom is 1.00 e. The minimum absolute atomic E-state index is 0. The molecule has 10 heteroatoms. The summed E-state index contributed by atoms with van der Waals surface area (Å²) in [5, 5.41) is 11.9. The van der Waals surface area contributed by atoms with Crippen LogP contribution in [0.2, 0.25) is 0 Å². The topological polar surface area (TPSA) is 80.7 Å². The number of halogens is 3. The molecule has 0 spiro atoms. The molecule has 0 atom stereocenters. The Labute approximate surface area is 183 Å². The molecule has 3 rings (SSSR count). The second-order valence-corrected chi connectivity index (χ2v) is 5.84. The van der Waals surface area contributed by atoms with Crippen molar-refractivity contribution in [3.05, 3.63) is 66.5 Å². The Balaban J connectivity index is 0.00000240. The van der Waals surface area contributed by atoms with Gasteiger partial charge in [-0.3, -0.25) is 4.98 Å². The first-order valence-corrected chi connectivity index (χ1v) is 8.25. The fourth-order valence-corrected chi connectivity index (χ4v) is 2.64. The second-order valence-electron chi connectivity index (χ2n) is 5.84. The van der Waals surface area contributed by atoms with Gasteiger partial charge in [-0.2, -0.15) is 0 Å². The smallest absolute Gasteiger partial charge is 1.00 e. The summed E-state index contributed by atoms with van der Waals surface area (Å²) in [5.74, 6) is -1.22. The molecule has 6 nitrogen and oxygen atoms in total. The van der Waals surface area contributed by atoms with Crippen LogP contribution in [0, 0.1) is 0 Å². The fourth-order valence-electron chi connectivity index (χ4n) is 2.64. The number of carboxylic acids is 1. The molecule has 3 aromatic rings. The normalized spacial score (nSPS) is 10.7. The average molecular weight is 412 g/mol. The van der Waals surface area contributed by atoms with E-state index in [1.54, 1.807) is 30.3 Å². The summed E-state index contributed by atoms with van der Waals surface area (Å²) >= 11 is 0. The van der Waals surface area contributed by atoms with Crippen LogP contribution in [0.3, 0.4) is 0 Å². The first-order valence-electron chi connectivity index (χ1n) is 8.25. The molecule has 0 radical (unpaired) electrons. The zero-order valence-corrected chi connectivity index (χ0v) is 16.0. The second kappa shape index (κ2) is 9.56. The molecular weight excluding hydrogens is 396 g/mol. The maximum absolute atomic E-state index is 12.9. The number of aromatic nitrogens is 1. The standard InChI is InChI=1S/C20H15F3N2O4.Li.H/c1-28-14-4-2-3-12(9-14)13-5-6-16(18(10-13)29-20(21,22)23)25-17-11-24-8-7-15(17)19(26)27;;/h2-11,25H,1H3,(H,26,27);;/q;+1;-1. The van der Waals surface area contributed by atoms with E-state index < -0.39 is 18.1 Å². The Morgan fingerprint density at radius 2 is 1.83 bits per heavy atom. The molecule has 0 aliphatic carbocycles. The fraction of sp³-hybridized carbons (Fsp3) is 0.100. The summed E-state index contributed by atoms with van der Waals surface area (Å²) in [4.78, 5) is 15.1. The van der Waals surface area contributed by atoms with E-state index in [0.717, 1.165) is 0 Å². The Kier molecular flexibility index (Phi) is 7.37. The number of anilines is 2. The largest absolute Gasteiger partial charge is 1.00 e. The van der Waals surface area contributed by atoms with Crippen LogP contribution in [0.1, 0.15) is 11.8 Å². The van der Waals surface area contributed by atoms with Crippen molar-refractivity contribution in [3.63, 3.8) is 0 Å². The van der Waals surface area contributed by atoms with E-state index >= 15 is 0 Å². The quantitative estimate of drug-likeness (QED) is 0.605. The monoisotopic (exact) mass is 412 g/mol. The molecule has 152 valence electrons. The van der Waals surface area contributed by atoms with Crippen LogP contribution in [0.4, 0.5) is 24.5 Å². The Hall–Kier alpha value is -3.15. The number of rotatable bonds is 6. The third kappa shape index (κ3) is 5.69. The number of pyridine rings is 1. The molecule has 30 heavy (non-hydrogen) atoms. The molecule has 0 bridgehead atoms. The summed E-state index contributed by atoms with van der Waals surface area (Å²) in [6, 6.07) is 12.2. The number of methoxy groups -OCH3 is 1. The Bertz CT molecular complexity index is 1050. The van der Waals surface area contributed by atoms with Crippen molar-refractivity contribution >= 4 is 17.3 Å². The number of hydrogen-bond donors (Lipinski definition) is 2. The van der Waals surface area contributed by atoms with E-state index in [1.807, 2.05) is 0 Å². The number of benzene rings is 2. The molecule has 2 aromatic carbocycles. The number of carboxylic acid groups (broad SMARTS) is 1. The predicted octanol–water partition coefficient (Wildman–Crippen LogP) is 2.21. The van der Waals surface area contributed by atoms with Gasteiger partial charge in [-0.15, -0.1) is 13.2 Å². The van der Waals surface area contributed by atoms with E-state index in [0.29, 0.717) is 16.9 Å². The van der Waals surface area contributed by atoms with Gasteiger partial charge in [-0.05, 0) is 41.5 Å². The van der Waals surface area contributed by atoms with Gasteiger partial charge in [-0.1, -0.05) is 18.2 Å². The summed E-state index contributed by atoms with van der Waals surface area (Å²) in [7, 11) is 1.48. The van der Waals surface area contributed by atoms with Crippen LogP contribution in [-0.4, -0.2) is 29.5 Å². The van der Waals surface area contributed by atoms with Crippen molar-refractivity contribution in [2.75, 3.05) is 12.4 Å². The molecule has 0 fully saturated rings. The third-order valence-electron chi connectivity index (χ3n) is 3.93. The summed E-state index contributed by atoms with van der Waals surface area (Å²) in [5.41, 5.74) is 0.898. The van der Waals surface area contributed by atoms with Crippen molar-refractivity contribution in [3.8, 4) is 22.6 Å². The van der Waals surface area contributed by atoms with Crippen molar-refractivity contribution in [1.82, 2.24) is 4.98 Å². The molecule has 0 aliphatic rings. The minimum atomic E-state index is -4.94. The maximum atomic E-state index is 12.9. The van der Waals surface area contributed by atoms with E-state index in [9.17, 15) is 23.1 Å². The first kappa shape index (κ1) is 23.1. The number of nitrogens with one attached hydrogen (secondary N) is 1. The van der Waals surface area contributed by atoms with E-state index in [1.165, 1.54) is 37.7 Å². The minimum Gasteiger partial charge on any atom is -1.00 e. The Morgan fingerprint density at radius 3 is 2.50 bits per heavy atom. The number of carbonyl (C=O) groups is 1. The van der Waals surface area contributed by atoms with Crippen LogP contribution in [-0.2, 0) is 0 Å². The van der Waals surface area contributed by atoms with Crippen molar-refractivity contribution < 1.29 is 52.8 Å². The molecule has 2 N–H and O–H groups in total. The van der Waals surface area contributed by atoms with Gasteiger partial charge in [0.2, 0.25) is 0 Å². The van der Waals surface area contributed by atoms with Crippen LogP contribution in [0.5, 0.6) is 11.5 Å². The summed E-state index contributed by atoms with van der Waals surface area (Å²) in [6.45, 7) is 0. The van der Waals surface area contributed by atoms with Crippen molar-refractivity contribution in [1.29, 1.82) is 0 Å². The molecule has 0 unspecified atom stereocenters. The summed E-state index contributed by atoms with van der Waals surface area (Å²) in [6.07, 6.45) is -2.46. The van der Waals surface area contributed by atoms with E-state index in [2.05, 4.69) is 15.0 Å². The van der Waals surface area contributed by atoms with Crippen LogP contribution in [0.25, 0.3) is 11.1 Å². The number of nitrogens with zero attached hydrogens (tertiary/aromatic N) is 1. The molecule has 0 saturated carbocycles. The Morgan fingerprint density at radius 1 is 1.10 bits per heavy atom.